The number of imidazole rings is 1. The molecule has 2 N–H and O–H groups in total. The van der Waals surface area contributed by atoms with Gasteiger partial charge in [0.15, 0.2) is 0 Å². The van der Waals surface area contributed by atoms with Gasteiger partial charge in [-0.2, -0.15) is 0 Å². The van der Waals surface area contributed by atoms with Gasteiger partial charge in [-0.3, -0.25) is 0 Å². The third-order valence-electron chi connectivity index (χ3n) is 5.10. The quantitative estimate of drug-likeness (QED) is 0.553. The molecule has 0 saturated heterocycles. The van der Waals surface area contributed by atoms with E-state index in [1.54, 1.807) is 0 Å². The first-order chi connectivity index (χ1) is 11.9. The van der Waals surface area contributed by atoms with Crippen molar-refractivity contribution >= 4 is 11.0 Å². The van der Waals surface area contributed by atoms with Gasteiger partial charge >= 0.3 is 0 Å². The van der Waals surface area contributed by atoms with Gasteiger partial charge in [0.25, 0.3) is 0 Å². The van der Waals surface area contributed by atoms with Crippen LogP contribution in [0, 0.1) is 13.8 Å². The number of H-pyrrole nitrogens is 1. The van der Waals surface area contributed by atoms with Crippen molar-refractivity contribution in [3.63, 3.8) is 0 Å². The van der Waals surface area contributed by atoms with Crippen molar-refractivity contribution in [3.8, 4) is 17.1 Å². The second-order valence-corrected chi connectivity index (χ2v) is 9.46. The highest BCUT2D eigenvalue weighted by molar-refractivity contribution is 5.81. The second-order valence-electron chi connectivity index (χ2n) is 9.46. The summed E-state index contributed by atoms with van der Waals surface area (Å²) in [5, 5.41) is 10.9. The van der Waals surface area contributed by atoms with E-state index in [9.17, 15) is 5.11 Å². The van der Waals surface area contributed by atoms with E-state index in [2.05, 4.69) is 84.6 Å². The molecule has 0 amide bonds. The first-order valence-corrected chi connectivity index (χ1v) is 9.23. The van der Waals surface area contributed by atoms with Crippen molar-refractivity contribution < 1.29 is 5.11 Å². The molecular formula is C23H30N2O. The van der Waals surface area contributed by atoms with Crippen LogP contribution in [0.4, 0.5) is 0 Å². The summed E-state index contributed by atoms with van der Waals surface area (Å²) in [6.45, 7) is 17.0. The smallest absolute Gasteiger partial charge is 0.138 e. The van der Waals surface area contributed by atoms with Crippen molar-refractivity contribution in [3.05, 3.63) is 46.5 Å². The number of hydrogen-bond donors (Lipinski definition) is 2. The van der Waals surface area contributed by atoms with Crippen LogP contribution in [0.3, 0.4) is 0 Å². The number of rotatable bonds is 1. The van der Waals surface area contributed by atoms with Crippen molar-refractivity contribution in [2.75, 3.05) is 0 Å². The molecule has 0 aliphatic heterocycles. The first kappa shape index (κ1) is 18.5. The van der Waals surface area contributed by atoms with Crippen LogP contribution in [0.1, 0.15) is 63.8 Å². The third-order valence-corrected chi connectivity index (χ3v) is 5.10. The van der Waals surface area contributed by atoms with Crippen LogP contribution in [-0.2, 0) is 10.8 Å². The number of aromatic amines is 1. The number of aryl methyl sites for hydroxylation is 2. The minimum Gasteiger partial charge on any atom is -0.507 e. The van der Waals surface area contributed by atoms with E-state index in [1.807, 2.05) is 0 Å². The fourth-order valence-electron chi connectivity index (χ4n) is 3.32. The maximum atomic E-state index is 10.9. The lowest BCUT2D eigenvalue weighted by atomic mass is 9.78. The van der Waals surface area contributed by atoms with Crippen LogP contribution in [0.15, 0.2) is 24.3 Å². The van der Waals surface area contributed by atoms with E-state index in [1.165, 1.54) is 11.1 Å². The molecule has 0 bridgehead atoms. The zero-order valence-electron chi connectivity index (χ0n) is 17.2. The maximum Gasteiger partial charge on any atom is 0.138 e. The molecule has 3 aromatic rings. The Balaban J connectivity index is 2.28. The van der Waals surface area contributed by atoms with Gasteiger partial charge in [-0.15, -0.1) is 0 Å². The highest BCUT2D eigenvalue weighted by atomic mass is 16.3. The molecule has 0 saturated carbocycles. The first-order valence-electron chi connectivity index (χ1n) is 9.23. The van der Waals surface area contributed by atoms with Crippen LogP contribution < -0.4 is 0 Å². The highest BCUT2D eigenvalue weighted by Gasteiger charge is 2.27. The summed E-state index contributed by atoms with van der Waals surface area (Å²) in [7, 11) is 0. The standard InChI is InChI=1S/C23H30N2O/c1-13-9-18-19(10-14(13)2)25-21(24-18)15-11-16(22(3,4)5)20(26)17(12-15)23(6,7)8/h9-12,26H,1-8H3,(H,24,25). The molecular weight excluding hydrogens is 320 g/mol. The number of fused-ring (bicyclic) bond motifs is 1. The topological polar surface area (TPSA) is 48.9 Å². The van der Waals surface area contributed by atoms with Crippen LogP contribution >= 0.6 is 0 Å². The van der Waals surface area contributed by atoms with Crippen LogP contribution in [0.2, 0.25) is 0 Å². The summed E-state index contributed by atoms with van der Waals surface area (Å²) >= 11 is 0. The zero-order chi connectivity index (χ0) is 19.4. The molecule has 1 aromatic heterocycles. The van der Waals surface area contributed by atoms with Crippen molar-refractivity contribution in [2.45, 2.75) is 66.2 Å². The van der Waals surface area contributed by atoms with E-state index in [0.717, 1.165) is 33.5 Å². The fraction of sp³-hybridized carbons (Fsp3) is 0.435. The summed E-state index contributed by atoms with van der Waals surface area (Å²) in [6, 6.07) is 8.42. The lowest BCUT2D eigenvalue weighted by Gasteiger charge is -2.28. The molecule has 3 heteroatoms. The maximum absolute atomic E-state index is 10.9. The monoisotopic (exact) mass is 350 g/mol. The molecule has 3 rings (SSSR count). The molecule has 0 spiro atoms. The minimum absolute atomic E-state index is 0.153. The van der Waals surface area contributed by atoms with Crippen LogP contribution in [0.5, 0.6) is 5.75 Å². The van der Waals surface area contributed by atoms with Crippen molar-refractivity contribution in [2.24, 2.45) is 0 Å². The molecule has 0 unspecified atom stereocenters. The van der Waals surface area contributed by atoms with Crippen LogP contribution in [-0.4, -0.2) is 15.1 Å². The lowest BCUT2D eigenvalue weighted by molar-refractivity contribution is 0.423. The Morgan fingerprint density at radius 3 is 1.81 bits per heavy atom. The molecule has 138 valence electrons. The van der Waals surface area contributed by atoms with E-state index in [0.29, 0.717) is 5.75 Å². The molecule has 0 atom stereocenters. The molecule has 1 heterocycles. The summed E-state index contributed by atoms with van der Waals surface area (Å²) in [6.07, 6.45) is 0. The van der Waals surface area contributed by atoms with Gasteiger partial charge in [0.2, 0.25) is 0 Å². The fourth-order valence-corrected chi connectivity index (χ4v) is 3.32. The molecule has 26 heavy (non-hydrogen) atoms. The number of phenolic OH excluding ortho intramolecular Hbond substituents is 1. The van der Waals surface area contributed by atoms with Gasteiger partial charge in [0, 0.05) is 16.7 Å². The molecule has 0 radical (unpaired) electrons. The summed E-state index contributed by atoms with van der Waals surface area (Å²) in [4.78, 5) is 8.29. The van der Waals surface area contributed by atoms with Gasteiger partial charge in [-0.05, 0) is 60.1 Å². The molecule has 0 aliphatic carbocycles. The molecule has 3 nitrogen and oxygen atoms in total. The lowest BCUT2D eigenvalue weighted by Crippen LogP contribution is -2.17. The SMILES string of the molecule is Cc1cc2nc(-c3cc(C(C)(C)C)c(O)c(C(C)(C)C)c3)[nH]c2cc1C. The summed E-state index contributed by atoms with van der Waals surface area (Å²) in [5.41, 5.74) is 7.14. The number of aromatic hydroxyl groups is 1. The highest BCUT2D eigenvalue weighted by Crippen LogP contribution is 2.41. The Morgan fingerprint density at radius 2 is 1.31 bits per heavy atom. The predicted octanol–water partition coefficient (Wildman–Crippen LogP) is 6.15. The van der Waals surface area contributed by atoms with Gasteiger partial charge in [-0.1, -0.05) is 41.5 Å². The number of nitrogens with one attached hydrogen (secondary N) is 1. The van der Waals surface area contributed by atoms with Gasteiger partial charge in [-0.25, -0.2) is 4.98 Å². The third kappa shape index (κ3) is 3.23. The average Bonchev–Trinajstić information content (AvgIpc) is 2.88. The second kappa shape index (κ2) is 5.87. The summed E-state index contributed by atoms with van der Waals surface area (Å²) < 4.78 is 0. The molecule has 0 fully saturated rings. The predicted molar refractivity (Wildman–Crippen MR) is 110 cm³/mol. The number of hydrogen-bond acceptors (Lipinski definition) is 2. The Bertz CT molecular complexity index is 908. The van der Waals surface area contributed by atoms with E-state index >= 15 is 0 Å². The van der Waals surface area contributed by atoms with E-state index in [4.69, 9.17) is 4.98 Å². The Morgan fingerprint density at radius 1 is 0.808 bits per heavy atom. The number of benzene rings is 2. The number of aromatic nitrogens is 2. The van der Waals surface area contributed by atoms with Crippen molar-refractivity contribution in [1.29, 1.82) is 0 Å². The van der Waals surface area contributed by atoms with Crippen molar-refractivity contribution in [1.82, 2.24) is 9.97 Å². The zero-order valence-corrected chi connectivity index (χ0v) is 17.2. The van der Waals surface area contributed by atoms with Gasteiger partial charge in [0.05, 0.1) is 11.0 Å². The Hall–Kier alpha value is -2.29. The van der Waals surface area contributed by atoms with E-state index < -0.39 is 0 Å². The van der Waals surface area contributed by atoms with E-state index in [-0.39, 0.29) is 10.8 Å². The molecule has 2 aromatic carbocycles. The average molecular weight is 351 g/mol. The number of phenols is 1. The Kier molecular flexibility index (Phi) is 4.18. The van der Waals surface area contributed by atoms with Gasteiger partial charge in [0.1, 0.15) is 11.6 Å². The normalized spacial score (nSPS) is 12.8. The van der Waals surface area contributed by atoms with Crippen LogP contribution in [0.25, 0.3) is 22.4 Å². The largest absolute Gasteiger partial charge is 0.507 e. The Labute approximate surface area is 156 Å². The minimum atomic E-state index is -0.153. The molecule has 0 aliphatic rings. The number of nitrogens with zero attached hydrogens (tertiary/aromatic N) is 1. The summed E-state index contributed by atoms with van der Waals surface area (Å²) in [5.74, 6) is 1.25. The van der Waals surface area contributed by atoms with Gasteiger partial charge < -0.3 is 10.1 Å².